The van der Waals surface area contributed by atoms with E-state index in [1.54, 1.807) is 0 Å². The second-order valence-corrected chi connectivity index (χ2v) is 4.07. The average molecular weight is 203 g/mol. The molecule has 0 spiro atoms. The minimum absolute atomic E-state index is 0.000123. The van der Waals surface area contributed by atoms with Gasteiger partial charge in [0.25, 0.3) is 0 Å². The Bertz CT molecular complexity index is 138. The Labute approximate surface area is 74.9 Å². The lowest BCUT2D eigenvalue weighted by Gasteiger charge is -2.13. The van der Waals surface area contributed by atoms with Gasteiger partial charge in [-0.3, -0.25) is 0 Å². The van der Waals surface area contributed by atoms with Gasteiger partial charge in [-0.15, -0.1) is 11.6 Å². The van der Waals surface area contributed by atoms with Crippen molar-refractivity contribution in [1.29, 1.82) is 0 Å². The summed E-state index contributed by atoms with van der Waals surface area (Å²) in [6.07, 6.45) is 2.15. The zero-order valence-corrected chi connectivity index (χ0v) is 7.56. The van der Waals surface area contributed by atoms with Crippen LogP contribution in [0.15, 0.2) is 0 Å². The van der Waals surface area contributed by atoms with Crippen LogP contribution in [0.2, 0.25) is 0 Å². The Morgan fingerprint density at radius 2 is 1.91 bits per heavy atom. The van der Waals surface area contributed by atoms with E-state index in [0.29, 0.717) is 12.3 Å². The van der Waals surface area contributed by atoms with Gasteiger partial charge >= 0.3 is 5.38 Å². The van der Waals surface area contributed by atoms with Crippen LogP contribution in [0.3, 0.4) is 0 Å². The van der Waals surface area contributed by atoms with Crippen molar-refractivity contribution in [3.63, 3.8) is 0 Å². The molecule has 0 nitrogen and oxygen atoms in total. The highest BCUT2D eigenvalue weighted by molar-refractivity contribution is 6.21. The molecule has 0 heterocycles. The summed E-state index contributed by atoms with van der Waals surface area (Å²) in [5.41, 5.74) is -0.000123. The van der Waals surface area contributed by atoms with Crippen LogP contribution in [-0.4, -0.2) is 11.3 Å². The molecule has 4 heteroatoms. The van der Waals surface area contributed by atoms with E-state index in [2.05, 4.69) is 0 Å². The van der Waals surface area contributed by atoms with Gasteiger partial charge in [0.1, 0.15) is 0 Å². The third-order valence-electron chi connectivity index (χ3n) is 2.18. The first-order valence-electron chi connectivity index (χ1n) is 3.60. The van der Waals surface area contributed by atoms with Gasteiger partial charge in [0.05, 0.1) is 0 Å². The molecule has 0 bridgehead atoms. The fraction of sp³-hybridized carbons (Fsp3) is 1.00. The van der Waals surface area contributed by atoms with Gasteiger partial charge in [0.15, 0.2) is 0 Å². The van der Waals surface area contributed by atoms with E-state index in [0.717, 1.165) is 12.8 Å². The van der Waals surface area contributed by atoms with Crippen molar-refractivity contribution in [1.82, 2.24) is 0 Å². The molecule has 0 amide bonds. The highest BCUT2D eigenvalue weighted by Gasteiger charge is 2.43. The highest BCUT2D eigenvalue weighted by atomic mass is 35.5. The maximum absolute atomic E-state index is 12.1. The SMILES string of the molecule is FC(F)(Cl)CCC1(CCl)CC1. The van der Waals surface area contributed by atoms with Gasteiger partial charge < -0.3 is 0 Å². The predicted molar refractivity (Wildman–Crippen MR) is 42.4 cm³/mol. The van der Waals surface area contributed by atoms with Gasteiger partial charge in [-0.2, -0.15) is 8.78 Å². The lowest BCUT2D eigenvalue weighted by molar-refractivity contribution is 0.0773. The number of rotatable bonds is 4. The van der Waals surface area contributed by atoms with E-state index >= 15 is 0 Å². The molecule has 0 aromatic rings. The number of hydrogen-bond acceptors (Lipinski definition) is 0. The molecule has 1 aliphatic rings. The molecule has 0 aromatic heterocycles. The molecule has 66 valence electrons. The van der Waals surface area contributed by atoms with Crippen LogP contribution in [-0.2, 0) is 0 Å². The first-order chi connectivity index (χ1) is 4.97. The molecule has 1 fully saturated rings. The lowest BCUT2D eigenvalue weighted by Crippen LogP contribution is -2.11. The number of hydrogen-bond donors (Lipinski definition) is 0. The predicted octanol–water partition coefficient (Wildman–Crippen LogP) is 3.62. The first kappa shape index (κ1) is 9.53. The van der Waals surface area contributed by atoms with E-state index in [9.17, 15) is 8.78 Å². The Morgan fingerprint density at radius 1 is 1.36 bits per heavy atom. The van der Waals surface area contributed by atoms with E-state index in [-0.39, 0.29) is 11.8 Å². The quantitative estimate of drug-likeness (QED) is 0.612. The van der Waals surface area contributed by atoms with Crippen LogP contribution < -0.4 is 0 Å². The second kappa shape index (κ2) is 3.06. The molecule has 0 unspecified atom stereocenters. The largest absolute Gasteiger partial charge is 0.321 e. The molecular weight excluding hydrogens is 193 g/mol. The Kier molecular flexibility index (Phi) is 2.65. The van der Waals surface area contributed by atoms with Crippen molar-refractivity contribution in [2.45, 2.75) is 31.1 Å². The minimum atomic E-state index is -3.04. The maximum atomic E-state index is 12.1. The molecule has 0 N–H and O–H groups in total. The van der Waals surface area contributed by atoms with Crippen molar-refractivity contribution in [2.75, 3.05) is 5.88 Å². The second-order valence-electron chi connectivity index (χ2n) is 3.25. The van der Waals surface area contributed by atoms with Gasteiger partial charge in [0, 0.05) is 12.3 Å². The Morgan fingerprint density at radius 3 is 2.18 bits per heavy atom. The molecule has 11 heavy (non-hydrogen) atoms. The summed E-state index contributed by atoms with van der Waals surface area (Å²) in [5, 5.41) is -3.04. The standard InChI is InChI=1S/C7H10Cl2F2/c8-5-6(1-2-6)3-4-7(9,10)11/h1-5H2. The maximum Gasteiger partial charge on any atom is 0.321 e. The van der Waals surface area contributed by atoms with Crippen LogP contribution in [0, 0.1) is 5.41 Å². The summed E-state index contributed by atoms with van der Waals surface area (Å²) in [6, 6.07) is 0. The van der Waals surface area contributed by atoms with Crippen molar-refractivity contribution in [3.8, 4) is 0 Å². The van der Waals surface area contributed by atoms with Crippen LogP contribution in [0.5, 0.6) is 0 Å². The Hall–Kier alpha value is 0.440. The van der Waals surface area contributed by atoms with Gasteiger partial charge in [-0.05, 0) is 36.3 Å². The van der Waals surface area contributed by atoms with E-state index in [1.165, 1.54) is 0 Å². The first-order valence-corrected chi connectivity index (χ1v) is 4.51. The van der Waals surface area contributed by atoms with Gasteiger partial charge in [-0.25, -0.2) is 0 Å². The molecular formula is C7H10Cl2F2. The summed E-state index contributed by atoms with van der Waals surface area (Å²) in [6.45, 7) is 0. The van der Waals surface area contributed by atoms with Gasteiger partial charge in [0.2, 0.25) is 0 Å². The number of halogens is 4. The summed E-state index contributed by atoms with van der Waals surface area (Å²) in [4.78, 5) is 0. The monoisotopic (exact) mass is 202 g/mol. The molecule has 1 saturated carbocycles. The zero-order chi connectivity index (χ0) is 8.54. The molecule has 1 rings (SSSR count). The third kappa shape index (κ3) is 3.12. The van der Waals surface area contributed by atoms with Crippen LogP contribution >= 0.6 is 23.2 Å². The fourth-order valence-corrected chi connectivity index (χ4v) is 1.53. The van der Waals surface area contributed by atoms with Crippen LogP contribution in [0.4, 0.5) is 8.78 Å². The third-order valence-corrected chi connectivity index (χ3v) is 2.94. The molecule has 1 aliphatic carbocycles. The lowest BCUT2D eigenvalue weighted by atomic mass is 10.0. The smallest absolute Gasteiger partial charge is 0.188 e. The molecule has 0 aliphatic heterocycles. The van der Waals surface area contributed by atoms with E-state index < -0.39 is 5.38 Å². The molecule has 0 atom stereocenters. The van der Waals surface area contributed by atoms with Crippen molar-refractivity contribution in [2.24, 2.45) is 5.41 Å². The van der Waals surface area contributed by atoms with Crippen LogP contribution in [0.25, 0.3) is 0 Å². The molecule has 0 aromatic carbocycles. The summed E-state index contributed by atoms with van der Waals surface area (Å²) in [7, 11) is 0. The van der Waals surface area contributed by atoms with Gasteiger partial charge in [-0.1, -0.05) is 0 Å². The average Bonchev–Trinajstić information content (AvgIpc) is 2.63. The van der Waals surface area contributed by atoms with Crippen molar-refractivity contribution >= 4 is 23.2 Å². The van der Waals surface area contributed by atoms with E-state index in [1.807, 2.05) is 0 Å². The van der Waals surface area contributed by atoms with E-state index in [4.69, 9.17) is 23.2 Å². The zero-order valence-electron chi connectivity index (χ0n) is 6.05. The van der Waals surface area contributed by atoms with Crippen molar-refractivity contribution < 1.29 is 8.78 Å². The fourth-order valence-electron chi connectivity index (χ4n) is 1.03. The summed E-state index contributed by atoms with van der Waals surface area (Å²) >= 11 is 10.3. The van der Waals surface area contributed by atoms with Crippen LogP contribution in [0.1, 0.15) is 25.7 Å². The highest BCUT2D eigenvalue weighted by Crippen LogP contribution is 2.51. The topological polar surface area (TPSA) is 0 Å². The Balaban J connectivity index is 2.22. The number of alkyl halides is 4. The van der Waals surface area contributed by atoms with Crippen molar-refractivity contribution in [3.05, 3.63) is 0 Å². The summed E-state index contributed by atoms with van der Waals surface area (Å²) in [5.74, 6) is 0.486. The normalized spacial score (nSPS) is 21.8. The molecule has 0 radical (unpaired) electrons. The minimum Gasteiger partial charge on any atom is -0.188 e. The molecule has 0 saturated heterocycles. The summed E-state index contributed by atoms with van der Waals surface area (Å²) < 4.78 is 24.3.